The molecule has 1 aliphatic rings. The van der Waals surface area contributed by atoms with E-state index in [1.165, 1.54) is 10.8 Å². The van der Waals surface area contributed by atoms with Gasteiger partial charge in [0, 0.05) is 36.0 Å². The van der Waals surface area contributed by atoms with Gasteiger partial charge in [0.05, 0.1) is 25.3 Å². The van der Waals surface area contributed by atoms with Crippen LogP contribution in [0.5, 0.6) is 0 Å². The predicted molar refractivity (Wildman–Crippen MR) is 102 cm³/mol. The quantitative estimate of drug-likeness (QED) is 0.720. The number of halogens is 1. The highest BCUT2D eigenvalue weighted by Gasteiger charge is 2.22. The molecular formula is C20H18FN3O4. The second kappa shape index (κ2) is 7.05. The molecule has 144 valence electrons. The standard InChI is InChI=1S/C20H18FN3O4/c1-22-17-6-11-9-28-10-16-12(14(11)7-23-17)2-3-13-18(16)24(5-4-21)8-15(19(13)25)20(26)27/h2-3,6-8H,4-5,9-10H2,1H3,(H,22,23)(H,26,27). The summed E-state index contributed by atoms with van der Waals surface area (Å²) in [5.74, 6) is -0.619. The van der Waals surface area contributed by atoms with Crippen LogP contribution in [0.1, 0.15) is 21.5 Å². The third kappa shape index (κ3) is 2.82. The molecule has 0 saturated carbocycles. The number of benzene rings is 1. The highest BCUT2D eigenvalue weighted by Crippen LogP contribution is 2.35. The largest absolute Gasteiger partial charge is 0.477 e. The van der Waals surface area contributed by atoms with Crippen molar-refractivity contribution in [3.63, 3.8) is 0 Å². The minimum absolute atomic E-state index is 0.0582. The van der Waals surface area contributed by atoms with Gasteiger partial charge in [0.1, 0.15) is 18.1 Å². The van der Waals surface area contributed by atoms with Crippen molar-refractivity contribution >= 4 is 22.7 Å². The summed E-state index contributed by atoms with van der Waals surface area (Å²) in [6, 6.07) is 5.27. The van der Waals surface area contributed by atoms with E-state index in [1.54, 1.807) is 25.4 Å². The molecular weight excluding hydrogens is 365 g/mol. The number of aromatic carboxylic acids is 1. The van der Waals surface area contributed by atoms with Crippen LogP contribution >= 0.6 is 0 Å². The molecule has 0 atom stereocenters. The molecule has 0 bridgehead atoms. The lowest BCUT2D eigenvalue weighted by Crippen LogP contribution is -2.20. The van der Waals surface area contributed by atoms with Crippen LogP contribution < -0.4 is 10.7 Å². The molecule has 0 aliphatic carbocycles. The molecule has 0 saturated heterocycles. The topological polar surface area (TPSA) is 93.5 Å². The summed E-state index contributed by atoms with van der Waals surface area (Å²) < 4.78 is 20.5. The van der Waals surface area contributed by atoms with Gasteiger partial charge in [0.25, 0.3) is 0 Å². The Morgan fingerprint density at radius 1 is 1.36 bits per heavy atom. The van der Waals surface area contributed by atoms with Crippen molar-refractivity contribution in [2.24, 2.45) is 0 Å². The number of rotatable bonds is 4. The molecule has 0 amide bonds. The van der Waals surface area contributed by atoms with Crippen LogP contribution in [0.25, 0.3) is 22.0 Å². The summed E-state index contributed by atoms with van der Waals surface area (Å²) in [5, 5.41) is 12.6. The molecule has 1 aliphatic heterocycles. The highest BCUT2D eigenvalue weighted by atomic mass is 19.1. The first kappa shape index (κ1) is 18.1. The Labute approximate surface area is 159 Å². The monoisotopic (exact) mass is 383 g/mol. The maximum Gasteiger partial charge on any atom is 0.341 e. The van der Waals surface area contributed by atoms with Crippen molar-refractivity contribution in [1.82, 2.24) is 9.55 Å². The number of hydrogen-bond acceptors (Lipinski definition) is 5. The van der Waals surface area contributed by atoms with Crippen LogP contribution in [0.3, 0.4) is 0 Å². The lowest BCUT2D eigenvalue weighted by Gasteiger charge is -2.17. The van der Waals surface area contributed by atoms with E-state index < -0.39 is 18.1 Å². The molecule has 28 heavy (non-hydrogen) atoms. The van der Waals surface area contributed by atoms with Gasteiger partial charge in [-0.25, -0.2) is 14.2 Å². The van der Waals surface area contributed by atoms with Crippen molar-refractivity contribution in [2.75, 3.05) is 19.0 Å². The van der Waals surface area contributed by atoms with Gasteiger partial charge in [-0.05, 0) is 23.3 Å². The first-order valence-corrected chi connectivity index (χ1v) is 8.78. The minimum Gasteiger partial charge on any atom is -0.477 e. The van der Waals surface area contributed by atoms with E-state index in [-0.39, 0.29) is 24.1 Å². The number of alkyl halides is 1. The van der Waals surface area contributed by atoms with Crippen LogP contribution in [0.2, 0.25) is 0 Å². The van der Waals surface area contributed by atoms with Gasteiger partial charge in [-0.2, -0.15) is 0 Å². The molecule has 3 aromatic rings. The third-order valence-corrected chi connectivity index (χ3v) is 4.94. The first-order valence-electron chi connectivity index (χ1n) is 8.78. The second-order valence-electron chi connectivity index (χ2n) is 6.52. The number of carbonyl (C=O) groups is 1. The van der Waals surface area contributed by atoms with E-state index in [1.807, 2.05) is 6.07 Å². The summed E-state index contributed by atoms with van der Waals surface area (Å²) in [6.45, 7) is -0.166. The Morgan fingerprint density at radius 2 is 2.18 bits per heavy atom. The molecule has 2 N–H and O–H groups in total. The average Bonchev–Trinajstić information content (AvgIpc) is 2.88. The molecule has 0 spiro atoms. The zero-order valence-corrected chi connectivity index (χ0v) is 15.2. The van der Waals surface area contributed by atoms with Gasteiger partial charge in [-0.1, -0.05) is 6.07 Å². The summed E-state index contributed by atoms with van der Waals surface area (Å²) in [7, 11) is 1.78. The van der Waals surface area contributed by atoms with Crippen LogP contribution in [-0.2, 0) is 24.5 Å². The number of fused-ring (bicyclic) bond motifs is 5. The summed E-state index contributed by atoms with van der Waals surface area (Å²) in [4.78, 5) is 28.5. The fourth-order valence-electron chi connectivity index (χ4n) is 3.65. The molecule has 1 aromatic carbocycles. The second-order valence-corrected chi connectivity index (χ2v) is 6.52. The maximum absolute atomic E-state index is 13.2. The van der Waals surface area contributed by atoms with Crippen LogP contribution in [0, 0.1) is 0 Å². The molecule has 0 unspecified atom stereocenters. The average molecular weight is 383 g/mol. The van der Waals surface area contributed by atoms with E-state index >= 15 is 0 Å². The van der Waals surface area contributed by atoms with Crippen LogP contribution in [-0.4, -0.2) is 34.3 Å². The number of ether oxygens (including phenoxy) is 1. The summed E-state index contributed by atoms with van der Waals surface area (Å²) in [5.41, 5.74) is 2.90. The van der Waals surface area contributed by atoms with E-state index in [0.29, 0.717) is 17.9 Å². The number of carboxylic acids is 1. The lowest BCUT2D eigenvalue weighted by molar-refractivity contribution is 0.0694. The zero-order valence-electron chi connectivity index (χ0n) is 15.2. The highest BCUT2D eigenvalue weighted by molar-refractivity contribution is 5.96. The molecule has 8 heteroatoms. The Balaban J connectivity index is 2.06. The number of anilines is 1. The predicted octanol–water partition coefficient (Wildman–Crippen LogP) is 2.80. The SMILES string of the molecule is CNc1cc2c(cn1)-c1ccc3c(=O)c(C(=O)O)cn(CCF)c3c1COC2. The van der Waals surface area contributed by atoms with Gasteiger partial charge in [-0.15, -0.1) is 0 Å². The van der Waals surface area contributed by atoms with Gasteiger partial charge in [0.15, 0.2) is 0 Å². The lowest BCUT2D eigenvalue weighted by atomic mass is 9.95. The number of nitrogens with zero attached hydrogens (tertiary/aromatic N) is 2. The van der Waals surface area contributed by atoms with Crippen molar-refractivity contribution in [3.8, 4) is 11.1 Å². The fourth-order valence-corrected chi connectivity index (χ4v) is 3.65. The maximum atomic E-state index is 13.2. The van der Waals surface area contributed by atoms with Crippen molar-refractivity contribution in [1.29, 1.82) is 0 Å². The summed E-state index contributed by atoms with van der Waals surface area (Å²) >= 11 is 0. The van der Waals surface area contributed by atoms with Crippen molar-refractivity contribution in [2.45, 2.75) is 19.8 Å². The molecule has 4 rings (SSSR count). The molecule has 0 radical (unpaired) electrons. The van der Waals surface area contributed by atoms with Crippen LogP contribution in [0.4, 0.5) is 10.2 Å². The van der Waals surface area contributed by atoms with Crippen molar-refractivity contribution < 1.29 is 19.0 Å². The van der Waals surface area contributed by atoms with Gasteiger partial charge < -0.3 is 19.7 Å². The number of hydrogen-bond donors (Lipinski definition) is 2. The Morgan fingerprint density at radius 3 is 2.89 bits per heavy atom. The van der Waals surface area contributed by atoms with Gasteiger partial charge in [0.2, 0.25) is 5.43 Å². The smallest absolute Gasteiger partial charge is 0.341 e. The Bertz CT molecular complexity index is 1160. The number of nitrogens with one attached hydrogen (secondary N) is 1. The van der Waals surface area contributed by atoms with E-state index in [0.717, 1.165) is 22.3 Å². The third-order valence-electron chi connectivity index (χ3n) is 4.94. The van der Waals surface area contributed by atoms with Crippen molar-refractivity contribution in [3.05, 3.63) is 57.5 Å². The van der Waals surface area contributed by atoms with E-state index in [2.05, 4.69) is 10.3 Å². The molecule has 2 aromatic heterocycles. The fraction of sp³-hybridized carbons (Fsp3) is 0.250. The first-order chi connectivity index (χ1) is 13.5. The molecule has 0 fully saturated rings. The van der Waals surface area contributed by atoms with E-state index in [4.69, 9.17) is 4.74 Å². The normalized spacial score (nSPS) is 12.9. The van der Waals surface area contributed by atoms with E-state index in [9.17, 15) is 19.1 Å². The molecule has 3 heterocycles. The summed E-state index contributed by atoms with van der Waals surface area (Å²) in [6.07, 6.45) is 2.95. The number of carboxylic acid groups (broad SMARTS) is 1. The zero-order chi connectivity index (χ0) is 19.8. The minimum atomic E-state index is -1.33. The Kier molecular flexibility index (Phi) is 4.56. The Hall–Kier alpha value is -3.26. The molecule has 7 nitrogen and oxygen atoms in total. The number of pyridine rings is 2. The number of aromatic nitrogens is 2. The van der Waals surface area contributed by atoms with Gasteiger partial charge in [-0.3, -0.25) is 4.79 Å². The van der Waals surface area contributed by atoms with Gasteiger partial charge >= 0.3 is 5.97 Å². The number of aryl methyl sites for hydroxylation is 1. The van der Waals surface area contributed by atoms with Crippen LogP contribution in [0.15, 0.2) is 35.4 Å².